The number of ether oxygens (including phenoxy) is 1. The molecule has 0 aliphatic rings. The molecule has 0 atom stereocenters. The van der Waals surface area contributed by atoms with E-state index in [-0.39, 0.29) is 17.2 Å². The molecule has 0 aromatic heterocycles. The minimum Gasteiger partial charge on any atom is -0.443 e. The van der Waals surface area contributed by atoms with Gasteiger partial charge in [-0.25, -0.2) is 4.79 Å². The summed E-state index contributed by atoms with van der Waals surface area (Å²) in [5.41, 5.74) is -0.484. The summed E-state index contributed by atoms with van der Waals surface area (Å²) >= 11 is 0. The van der Waals surface area contributed by atoms with Crippen molar-refractivity contribution in [3.05, 3.63) is 0 Å². The molecule has 126 valence electrons. The second-order valence-electron chi connectivity index (χ2n) is 8.55. The van der Waals surface area contributed by atoms with E-state index in [9.17, 15) is 4.79 Å². The largest absolute Gasteiger partial charge is 0.443 e. The molecule has 0 rings (SSSR count). The van der Waals surface area contributed by atoms with Gasteiger partial charge in [-0.15, -0.1) is 0 Å². The van der Waals surface area contributed by atoms with Crippen molar-refractivity contribution >= 4 is 6.09 Å². The average Bonchev–Trinajstić information content (AvgIpc) is 2.24. The maximum absolute atomic E-state index is 12.2. The minimum absolute atomic E-state index is 0.174. The highest BCUT2D eigenvalue weighted by molar-refractivity contribution is 5.68. The summed E-state index contributed by atoms with van der Waals surface area (Å²) in [7, 11) is 3.91. The predicted molar refractivity (Wildman–Crippen MR) is 89.7 cm³/mol. The number of hydrogen-bond donors (Lipinski definition) is 0. The molecule has 21 heavy (non-hydrogen) atoms. The third-order valence-electron chi connectivity index (χ3n) is 4.06. The molecule has 0 saturated heterocycles. The van der Waals surface area contributed by atoms with Crippen LogP contribution in [0.1, 0.15) is 68.2 Å². The molecule has 0 aliphatic carbocycles. The van der Waals surface area contributed by atoms with Crippen LogP contribution in [0.3, 0.4) is 0 Å². The highest BCUT2D eigenvalue weighted by atomic mass is 16.6. The van der Waals surface area contributed by atoms with Crippen molar-refractivity contribution in [3.63, 3.8) is 0 Å². The maximum Gasteiger partial charge on any atom is 0.410 e. The van der Waals surface area contributed by atoms with Gasteiger partial charge < -0.3 is 14.5 Å². The maximum atomic E-state index is 12.2. The Morgan fingerprint density at radius 2 is 1.38 bits per heavy atom. The second-order valence-corrected chi connectivity index (χ2v) is 8.55. The van der Waals surface area contributed by atoms with Gasteiger partial charge in [0.1, 0.15) is 5.60 Å². The fourth-order valence-corrected chi connectivity index (χ4v) is 1.71. The van der Waals surface area contributed by atoms with Crippen LogP contribution in [0.25, 0.3) is 0 Å². The Bertz CT molecular complexity index is 338. The summed E-state index contributed by atoms with van der Waals surface area (Å²) in [6, 6.07) is 0. The Balaban J connectivity index is 4.36. The van der Waals surface area contributed by atoms with Crippen LogP contribution in [0.4, 0.5) is 4.79 Å². The van der Waals surface area contributed by atoms with Crippen molar-refractivity contribution in [1.82, 2.24) is 9.80 Å². The Hall–Kier alpha value is -0.770. The standard InChI is InChI=1S/C17H36N2O2/c1-15(2,3)18(9)13-11-12-17(7,8)21-14(20)19(10)16(4,5)6/h11-13H2,1-10H3. The van der Waals surface area contributed by atoms with E-state index in [2.05, 4.69) is 32.7 Å². The van der Waals surface area contributed by atoms with E-state index in [0.29, 0.717) is 0 Å². The van der Waals surface area contributed by atoms with Crippen molar-refractivity contribution in [2.75, 3.05) is 20.6 Å². The Labute approximate surface area is 131 Å². The molecule has 4 heteroatoms. The number of hydrogen-bond acceptors (Lipinski definition) is 3. The van der Waals surface area contributed by atoms with E-state index in [4.69, 9.17) is 4.74 Å². The van der Waals surface area contributed by atoms with Gasteiger partial charge in [-0.1, -0.05) is 0 Å². The number of carbonyl (C=O) groups excluding carboxylic acids is 1. The lowest BCUT2D eigenvalue weighted by Gasteiger charge is -2.36. The SMILES string of the molecule is CN(CCCC(C)(C)OC(=O)N(C)C(C)(C)C)C(C)(C)C. The first kappa shape index (κ1) is 20.2. The lowest BCUT2D eigenvalue weighted by Crippen LogP contribution is -2.46. The van der Waals surface area contributed by atoms with Gasteiger partial charge in [0.2, 0.25) is 0 Å². The fourth-order valence-electron chi connectivity index (χ4n) is 1.71. The molecule has 0 N–H and O–H groups in total. The van der Waals surface area contributed by atoms with Crippen LogP contribution in [0.15, 0.2) is 0 Å². The number of amides is 1. The van der Waals surface area contributed by atoms with Crippen LogP contribution in [0.5, 0.6) is 0 Å². The van der Waals surface area contributed by atoms with E-state index in [1.165, 1.54) is 0 Å². The molecular weight excluding hydrogens is 264 g/mol. The predicted octanol–water partition coefficient (Wildman–Crippen LogP) is 4.14. The zero-order valence-corrected chi connectivity index (χ0v) is 15.8. The molecule has 1 amide bonds. The summed E-state index contributed by atoms with van der Waals surface area (Å²) < 4.78 is 5.66. The van der Waals surface area contributed by atoms with Crippen LogP contribution in [0.2, 0.25) is 0 Å². The molecule has 0 spiro atoms. The highest BCUT2D eigenvalue weighted by Gasteiger charge is 2.29. The molecule has 0 aromatic carbocycles. The summed E-state index contributed by atoms with van der Waals surface area (Å²) in [5, 5.41) is 0. The number of rotatable bonds is 5. The van der Waals surface area contributed by atoms with Crippen LogP contribution in [-0.4, -0.2) is 53.2 Å². The highest BCUT2D eigenvalue weighted by Crippen LogP contribution is 2.22. The van der Waals surface area contributed by atoms with Gasteiger partial charge in [-0.2, -0.15) is 0 Å². The van der Waals surface area contributed by atoms with E-state index in [1.54, 1.807) is 11.9 Å². The zero-order chi connectivity index (χ0) is 17.1. The molecule has 0 saturated carbocycles. The molecular formula is C17H36N2O2. The van der Waals surface area contributed by atoms with Gasteiger partial charge >= 0.3 is 6.09 Å². The number of nitrogens with zero attached hydrogens (tertiary/aromatic N) is 2. The quantitative estimate of drug-likeness (QED) is 0.765. The third-order valence-corrected chi connectivity index (χ3v) is 4.06. The Kier molecular flexibility index (Phi) is 6.74. The smallest absolute Gasteiger partial charge is 0.410 e. The van der Waals surface area contributed by atoms with Crippen molar-refractivity contribution in [2.24, 2.45) is 0 Å². The Morgan fingerprint density at radius 1 is 0.905 bits per heavy atom. The van der Waals surface area contributed by atoms with Gasteiger partial charge in [-0.05, 0) is 81.8 Å². The van der Waals surface area contributed by atoms with Crippen LogP contribution < -0.4 is 0 Å². The van der Waals surface area contributed by atoms with Crippen LogP contribution >= 0.6 is 0 Å². The minimum atomic E-state index is -0.435. The monoisotopic (exact) mass is 300 g/mol. The first-order valence-electron chi connectivity index (χ1n) is 7.85. The molecule has 4 nitrogen and oxygen atoms in total. The van der Waals surface area contributed by atoms with E-state index in [0.717, 1.165) is 19.4 Å². The van der Waals surface area contributed by atoms with Gasteiger partial charge in [0.25, 0.3) is 0 Å². The first-order chi connectivity index (χ1) is 9.17. The molecule has 0 fully saturated rings. The van der Waals surface area contributed by atoms with Gasteiger partial charge in [0.05, 0.1) is 0 Å². The van der Waals surface area contributed by atoms with Gasteiger partial charge in [-0.3, -0.25) is 0 Å². The summed E-state index contributed by atoms with van der Waals surface area (Å²) in [4.78, 5) is 16.1. The third kappa shape index (κ3) is 7.70. The number of carbonyl (C=O) groups is 1. The van der Waals surface area contributed by atoms with E-state index < -0.39 is 5.60 Å². The van der Waals surface area contributed by atoms with Crippen LogP contribution in [-0.2, 0) is 4.74 Å². The average molecular weight is 300 g/mol. The normalized spacial score (nSPS) is 13.5. The molecule has 0 heterocycles. The van der Waals surface area contributed by atoms with E-state index in [1.807, 2.05) is 34.6 Å². The van der Waals surface area contributed by atoms with Gasteiger partial charge in [0.15, 0.2) is 0 Å². The second kappa shape index (κ2) is 6.99. The zero-order valence-electron chi connectivity index (χ0n) is 15.8. The summed E-state index contributed by atoms with van der Waals surface area (Å²) in [6.45, 7) is 17.6. The van der Waals surface area contributed by atoms with Crippen molar-refractivity contribution in [2.45, 2.75) is 84.9 Å². The van der Waals surface area contributed by atoms with Crippen molar-refractivity contribution < 1.29 is 9.53 Å². The fraction of sp³-hybridized carbons (Fsp3) is 0.941. The lowest BCUT2D eigenvalue weighted by atomic mass is 10.0. The molecule has 0 radical (unpaired) electrons. The van der Waals surface area contributed by atoms with Crippen molar-refractivity contribution in [1.29, 1.82) is 0 Å². The van der Waals surface area contributed by atoms with Crippen molar-refractivity contribution in [3.8, 4) is 0 Å². The summed E-state index contributed by atoms with van der Waals surface area (Å²) in [5.74, 6) is 0. The Morgan fingerprint density at radius 3 is 1.76 bits per heavy atom. The van der Waals surface area contributed by atoms with Crippen LogP contribution in [0, 0.1) is 0 Å². The van der Waals surface area contributed by atoms with Gasteiger partial charge in [0, 0.05) is 18.1 Å². The first-order valence-corrected chi connectivity index (χ1v) is 7.85. The molecule has 0 aromatic rings. The topological polar surface area (TPSA) is 32.8 Å². The van der Waals surface area contributed by atoms with E-state index >= 15 is 0 Å². The molecule has 0 bridgehead atoms. The molecule has 0 unspecified atom stereocenters. The summed E-state index contributed by atoms with van der Waals surface area (Å²) in [6.07, 6.45) is 1.61. The lowest BCUT2D eigenvalue weighted by molar-refractivity contribution is -0.00390. The molecule has 0 aliphatic heterocycles.